The summed E-state index contributed by atoms with van der Waals surface area (Å²) in [6, 6.07) is 8.40. The average Bonchev–Trinajstić information content (AvgIpc) is 2.59. The molecule has 0 saturated carbocycles. The normalized spacial score (nSPS) is 11.4. The third-order valence-electron chi connectivity index (χ3n) is 3.38. The number of nitrogens with zero attached hydrogens (tertiary/aromatic N) is 3. The van der Waals surface area contributed by atoms with Crippen molar-refractivity contribution in [2.45, 2.75) is 6.54 Å². The fraction of sp³-hybridized carbons (Fsp3) is 0.250. The molecular formula is C16H19FN4O3S. The van der Waals surface area contributed by atoms with Gasteiger partial charge >= 0.3 is 10.2 Å². The Bertz CT molecular complexity index is 811. The van der Waals surface area contributed by atoms with Gasteiger partial charge in [0.15, 0.2) is 0 Å². The molecule has 0 spiro atoms. The van der Waals surface area contributed by atoms with Crippen molar-refractivity contribution < 1.29 is 17.6 Å². The second-order valence-corrected chi connectivity index (χ2v) is 7.47. The number of hydrogen-bond donors (Lipinski definition) is 1. The summed E-state index contributed by atoms with van der Waals surface area (Å²) in [5.74, 6) is -0.973. The van der Waals surface area contributed by atoms with Crippen LogP contribution in [0.1, 0.15) is 5.56 Å². The highest BCUT2D eigenvalue weighted by Gasteiger charge is 2.27. The molecule has 1 heterocycles. The minimum absolute atomic E-state index is 0.203. The van der Waals surface area contributed by atoms with Crippen molar-refractivity contribution in [2.24, 2.45) is 0 Å². The number of hydrogen-bond acceptors (Lipinski definition) is 4. The molecule has 2 aromatic rings. The van der Waals surface area contributed by atoms with Crippen LogP contribution in [0.4, 0.5) is 10.1 Å². The number of rotatable bonds is 7. The van der Waals surface area contributed by atoms with Gasteiger partial charge in [-0.1, -0.05) is 0 Å². The van der Waals surface area contributed by atoms with Gasteiger partial charge in [-0.25, -0.2) is 8.70 Å². The maximum Gasteiger partial charge on any atom is 0.304 e. The molecule has 0 aliphatic carbocycles. The van der Waals surface area contributed by atoms with Crippen LogP contribution >= 0.6 is 0 Å². The number of benzene rings is 1. The average molecular weight is 366 g/mol. The van der Waals surface area contributed by atoms with E-state index in [-0.39, 0.29) is 12.2 Å². The van der Waals surface area contributed by atoms with E-state index in [1.54, 1.807) is 24.5 Å². The Labute approximate surface area is 146 Å². The lowest BCUT2D eigenvalue weighted by molar-refractivity contribution is -0.119. The van der Waals surface area contributed by atoms with Gasteiger partial charge in [0, 0.05) is 33.0 Å². The Morgan fingerprint density at radius 3 is 2.28 bits per heavy atom. The van der Waals surface area contributed by atoms with Crippen LogP contribution in [-0.2, 0) is 21.5 Å². The minimum atomic E-state index is -3.91. The van der Waals surface area contributed by atoms with Gasteiger partial charge in [-0.15, -0.1) is 0 Å². The highest BCUT2D eigenvalue weighted by molar-refractivity contribution is 7.90. The van der Waals surface area contributed by atoms with Gasteiger partial charge in [-0.2, -0.15) is 12.7 Å². The van der Waals surface area contributed by atoms with E-state index in [2.05, 4.69) is 10.3 Å². The summed E-state index contributed by atoms with van der Waals surface area (Å²) in [7, 11) is -1.19. The first-order valence-electron chi connectivity index (χ1n) is 7.42. The molecule has 7 nitrogen and oxygen atoms in total. The lowest BCUT2D eigenvalue weighted by atomic mass is 10.2. The first kappa shape index (κ1) is 18.8. The predicted octanol–water partition coefficient (Wildman–Crippen LogP) is 1.15. The van der Waals surface area contributed by atoms with E-state index < -0.39 is 28.5 Å². The van der Waals surface area contributed by atoms with Gasteiger partial charge in [-0.3, -0.25) is 9.78 Å². The van der Waals surface area contributed by atoms with Crippen molar-refractivity contribution in [1.29, 1.82) is 0 Å². The molecule has 0 atom stereocenters. The summed E-state index contributed by atoms with van der Waals surface area (Å²) in [5, 5.41) is 2.66. The summed E-state index contributed by atoms with van der Waals surface area (Å²) in [5.41, 5.74) is 1.04. The van der Waals surface area contributed by atoms with Crippen molar-refractivity contribution in [3.05, 3.63) is 60.2 Å². The molecule has 9 heteroatoms. The number of nitrogens with one attached hydrogen (secondary N) is 1. The maximum absolute atomic E-state index is 13.1. The van der Waals surface area contributed by atoms with E-state index in [9.17, 15) is 17.6 Å². The first-order chi connectivity index (χ1) is 11.8. The van der Waals surface area contributed by atoms with Gasteiger partial charge < -0.3 is 5.32 Å². The molecule has 0 aliphatic rings. The van der Waals surface area contributed by atoms with E-state index in [1.165, 1.54) is 26.2 Å². The van der Waals surface area contributed by atoms with Crippen LogP contribution in [-0.4, -0.2) is 44.3 Å². The lowest BCUT2D eigenvalue weighted by Gasteiger charge is -2.26. The number of carbonyl (C=O) groups is 1. The largest absolute Gasteiger partial charge is 0.350 e. The molecule has 1 N–H and O–H groups in total. The minimum Gasteiger partial charge on any atom is -0.350 e. The molecular weight excluding hydrogens is 347 g/mol. The Hall–Kier alpha value is -2.52. The molecule has 0 radical (unpaired) electrons. The fourth-order valence-electron chi connectivity index (χ4n) is 2.00. The smallest absolute Gasteiger partial charge is 0.304 e. The summed E-state index contributed by atoms with van der Waals surface area (Å²) in [6.45, 7) is -0.169. The number of halogens is 1. The van der Waals surface area contributed by atoms with Crippen molar-refractivity contribution in [2.75, 3.05) is 24.9 Å². The van der Waals surface area contributed by atoms with E-state index in [1.807, 2.05) is 0 Å². The Morgan fingerprint density at radius 2 is 1.72 bits per heavy atom. The molecule has 2 rings (SSSR count). The first-order valence-corrected chi connectivity index (χ1v) is 8.82. The molecule has 1 amide bonds. The Morgan fingerprint density at radius 1 is 1.12 bits per heavy atom. The van der Waals surface area contributed by atoms with Gasteiger partial charge in [0.05, 0.1) is 5.69 Å². The van der Waals surface area contributed by atoms with Crippen LogP contribution in [0.5, 0.6) is 0 Å². The topological polar surface area (TPSA) is 82.6 Å². The summed E-state index contributed by atoms with van der Waals surface area (Å²) in [6.07, 6.45) is 3.20. The van der Waals surface area contributed by atoms with Crippen LogP contribution in [0, 0.1) is 5.82 Å². The third kappa shape index (κ3) is 4.97. The van der Waals surface area contributed by atoms with E-state index in [4.69, 9.17) is 0 Å². The zero-order valence-electron chi connectivity index (χ0n) is 13.9. The Balaban J connectivity index is 2.15. The molecule has 0 unspecified atom stereocenters. The van der Waals surface area contributed by atoms with Crippen molar-refractivity contribution in [1.82, 2.24) is 14.6 Å². The lowest BCUT2D eigenvalue weighted by Crippen LogP contribution is -2.45. The number of aromatic nitrogens is 1. The van der Waals surface area contributed by atoms with E-state index in [0.29, 0.717) is 0 Å². The SMILES string of the molecule is CN(C)S(=O)(=O)N(CC(=O)NCc1ccncc1)c1ccc(F)cc1. The monoisotopic (exact) mass is 366 g/mol. The second-order valence-electron chi connectivity index (χ2n) is 5.41. The molecule has 1 aromatic heterocycles. The quantitative estimate of drug-likeness (QED) is 0.797. The van der Waals surface area contributed by atoms with Crippen molar-refractivity contribution in [3.8, 4) is 0 Å². The number of anilines is 1. The maximum atomic E-state index is 13.1. The van der Waals surface area contributed by atoms with Crippen LogP contribution in [0.15, 0.2) is 48.8 Å². The van der Waals surface area contributed by atoms with Crippen LogP contribution in [0.25, 0.3) is 0 Å². The summed E-state index contributed by atoms with van der Waals surface area (Å²) >= 11 is 0. The standard InChI is InChI=1S/C16H19FN4O3S/c1-20(2)25(23,24)21(15-5-3-14(17)4-6-15)12-16(22)19-11-13-7-9-18-10-8-13/h3-10H,11-12H2,1-2H3,(H,19,22). The van der Waals surface area contributed by atoms with Gasteiger partial charge in [-0.05, 0) is 42.0 Å². The zero-order chi connectivity index (χ0) is 18.4. The number of pyridine rings is 1. The number of amides is 1. The molecule has 0 saturated heterocycles. The molecule has 134 valence electrons. The molecule has 1 aromatic carbocycles. The molecule has 25 heavy (non-hydrogen) atoms. The van der Waals surface area contributed by atoms with Crippen molar-refractivity contribution in [3.63, 3.8) is 0 Å². The fourth-order valence-corrected chi connectivity index (χ4v) is 3.06. The Kier molecular flexibility index (Phi) is 6.05. The second kappa shape index (κ2) is 8.04. The van der Waals surface area contributed by atoms with Gasteiger partial charge in [0.1, 0.15) is 12.4 Å². The highest BCUT2D eigenvalue weighted by atomic mass is 32.2. The summed E-state index contributed by atoms with van der Waals surface area (Å²) in [4.78, 5) is 16.1. The highest BCUT2D eigenvalue weighted by Crippen LogP contribution is 2.19. The van der Waals surface area contributed by atoms with Gasteiger partial charge in [0.2, 0.25) is 5.91 Å². The zero-order valence-corrected chi connectivity index (χ0v) is 14.7. The third-order valence-corrected chi connectivity index (χ3v) is 5.20. The van der Waals surface area contributed by atoms with Gasteiger partial charge in [0.25, 0.3) is 0 Å². The number of carbonyl (C=O) groups excluding carboxylic acids is 1. The van der Waals surface area contributed by atoms with Crippen LogP contribution in [0.2, 0.25) is 0 Å². The van der Waals surface area contributed by atoms with Crippen molar-refractivity contribution >= 4 is 21.8 Å². The predicted molar refractivity (Wildman–Crippen MR) is 92.4 cm³/mol. The van der Waals surface area contributed by atoms with Crippen LogP contribution in [0.3, 0.4) is 0 Å². The summed E-state index contributed by atoms with van der Waals surface area (Å²) < 4.78 is 40.0. The van der Waals surface area contributed by atoms with Crippen LogP contribution < -0.4 is 9.62 Å². The molecule has 0 aliphatic heterocycles. The molecule has 0 bridgehead atoms. The van der Waals surface area contributed by atoms with E-state index >= 15 is 0 Å². The van der Waals surface area contributed by atoms with E-state index in [0.717, 1.165) is 26.3 Å². The molecule has 0 fully saturated rings.